The number of hydrogen-bond donors (Lipinski definition) is 0. The monoisotopic (exact) mass is 435 g/mol. The normalized spacial score (nSPS) is 14.4. The van der Waals surface area contributed by atoms with Gasteiger partial charge in [0, 0.05) is 25.1 Å². The van der Waals surface area contributed by atoms with Gasteiger partial charge in [0.05, 0.1) is 20.1 Å². The Hall–Kier alpha value is -3.35. The van der Waals surface area contributed by atoms with E-state index >= 15 is 0 Å². The second kappa shape index (κ2) is 10.3. The Morgan fingerprint density at radius 2 is 1.75 bits per heavy atom. The number of piperidine rings is 1. The Balaban J connectivity index is 1.25. The van der Waals surface area contributed by atoms with Crippen LogP contribution in [-0.2, 0) is 17.6 Å². The predicted octanol–water partition coefficient (Wildman–Crippen LogP) is 4.17. The summed E-state index contributed by atoms with van der Waals surface area (Å²) in [6.07, 6.45) is 3.04. The summed E-state index contributed by atoms with van der Waals surface area (Å²) in [5, 5.41) is 4.11. The maximum absolute atomic E-state index is 12.7. The van der Waals surface area contributed by atoms with E-state index in [-0.39, 0.29) is 5.91 Å². The zero-order valence-corrected chi connectivity index (χ0v) is 18.6. The van der Waals surface area contributed by atoms with E-state index in [1.54, 1.807) is 7.11 Å². The average Bonchev–Trinajstić information content (AvgIpc) is 3.29. The van der Waals surface area contributed by atoms with E-state index in [0.717, 1.165) is 55.0 Å². The smallest absolute Gasteiger partial charge is 0.227 e. The molecule has 0 radical (unpaired) electrons. The van der Waals surface area contributed by atoms with Gasteiger partial charge in [-0.15, -0.1) is 0 Å². The summed E-state index contributed by atoms with van der Waals surface area (Å²) in [7, 11) is 1.64. The molecule has 7 nitrogen and oxygen atoms in total. The first-order valence-corrected chi connectivity index (χ1v) is 11.1. The number of amides is 1. The van der Waals surface area contributed by atoms with Gasteiger partial charge in [0.2, 0.25) is 17.6 Å². The van der Waals surface area contributed by atoms with E-state index < -0.39 is 0 Å². The minimum atomic E-state index is 0.173. The molecule has 7 heteroatoms. The first kappa shape index (κ1) is 21.9. The summed E-state index contributed by atoms with van der Waals surface area (Å²) in [5.41, 5.74) is 1.91. The number of rotatable bonds is 8. The standard InChI is InChI=1S/C25H29N3O4/c1-3-31-22-8-4-18(5-9-22)17-24(29)28-14-12-19(13-15-28)16-23-26-25(27-32-23)20-6-10-21(30-2)11-7-20/h4-11,19H,3,12-17H2,1-2H3. The van der Waals surface area contributed by atoms with Crippen LogP contribution in [-0.4, -0.2) is 47.8 Å². The van der Waals surface area contributed by atoms with E-state index in [2.05, 4.69) is 10.1 Å². The third kappa shape index (κ3) is 5.46. The number of benzene rings is 2. The molecular weight excluding hydrogens is 406 g/mol. The van der Waals surface area contributed by atoms with Crippen LogP contribution in [0, 0.1) is 5.92 Å². The molecule has 0 N–H and O–H groups in total. The highest BCUT2D eigenvalue weighted by molar-refractivity contribution is 5.78. The van der Waals surface area contributed by atoms with Crippen molar-refractivity contribution in [2.45, 2.75) is 32.6 Å². The zero-order valence-electron chi connectivity index (χ0n) is 18.6. The Kier molecular flexibility index (Phi) is 7.04. The van der Waals surface area contributed by atoms with Crippen molar-refractivity contribution < 1.29 is 18.8 Å². The molecule has 1 aliphatic heterocycles. The summed E-state index contributed by atoms with van der Waals surface area (Å²) in [5.74, 6) is 3.48. The van der Waals surface area contributed by atoms with Crippen LogP contribution in [0.1, 0.15) is 31.2 Å². The van der Waals surface area contributed by atoms with Crippen molar-refractivity contribution in [2.24, 2.45) is 5.92 Å². The van der Waals surface area contributed by atoms with Crippen molar-refractivity contribution in [3.8, 4) is 22.9 Å². The molecule has 0 aliphatic carbocycles. The Morgan fingerprint density at radius 3 is 2.41 bits per heavy atom. The molecule has 2 heterocycles. The molecule has 4 rings (SSSR count). The van der Waals surface area contributed by atoms with E-state index in [9.17, 15) is 4.79 Å². The third-order valence-electron chi connectivity index (χ3n) is 5.84. The minimum Gasteiger partial charge on any atom is -0.497 e. The molecule has 168 valence electrons. The second-order valence-electron chi connectivity index (χ2n) is 8.02. The van der Waals surface area contributed by atoms with Gasteiger partial charge >= 0.3 is 0 Å². The Labute approximate surface area is 188 Å². The third-order valence-corrected chi connectivity index (χ3v) is 5.84. The van der Waals surface area contributed by atoms with Gasteiger partial charge in [-0.25, -0.2) is 0 Å². The van der Waals surface area contributed by atoms with Gasteiger partial charge in [0.15, 0.2) is 0 Å². The van der Waals surface area contributed by atoms with E-state index in [4.69, 9.17) is 14.0 Å². The lowest BCUT2D eigenvalue weighted by Gasteiger charge is -2.31. The van der Waals surface area contributed by atoms with Gasteiger partial charge in [0.1, 0.15) is 11.5 Å². The number of hydrogen-bond acceptors (Lipinski definition) is 6. The van der Waals surface area contributed by atoms with Crippen LogP contribution >= 0.6 is 0 Å². The summed E-state index contributed by atoms with van der Waals surface area (Å²) in [6.45, 7) is 4.12. The number of nitrogens with zero attached hydrogens (tertiary/aromatic N) is 3. The summed E-state index contributed by atoms with van der Waals surface area (Å²) >= 11 is 0. The molecule has 0 bridgehead atoms. The highest BCUT2D eigenvalue weighted by Gasteiger charge is 2.24. The molecule has 1 amide bonds. The summed E-state index contributed by atoms with van der Waals surface area (Å²) in [4.78, 5) is 19.2. The Bertz CT molecular complexity index is 1010. The highest BCUT2D eigenvalue weighted by Crippen LogP contribution is 2.24. The molecule has 2 aromatic carbocycles. The van der Waals surface area contributed by atoms with Crippen LogP contribution in [0.25, 0.3) is 11.4 Å². The van der Waals surface area contributed by atoms with Crippen LogP contribution in [0.5, 0.6) is 11.5 Å². The van der Waals surface area contributed by atoms with Crippen molar-refractivity contribution in [1.82, 2.24) is 15.0 Å². The molecule has 0 unspecified atom stereocenters. The topological polar surface area (TPSA) is 77.7 Å². The summed E-state index contributed by atoms with van der Waals surface area (Å²) in [6, 6.07) is 15.4. The number of ether oxygens (including phenoxy) is 2. The number of methoxy groups -OCH3 is 1. The van der Waals surface area contributed by atoms with Crippen LogP contribution in [0.3, 0.4) is 0 Å². The van der Waals surface area contributed by atoms with Gasteiger partial charge in [-0.1, -0.05) is 17.3 Å². The van der Waals surface area contributed by atoms with Gasteiger partial charge in [0.25, 0.3) is 0 Å². The SMILES string of the molecule is CCOc1ccc(CC(=O)N2CCC(Cc3nc(-c4ccc(OC)cc4)no3)CC2)cc1. The maximum atomic E-state index is 12.7. The fourth-order valence-corrected chi connectivity index (χ4v) is 3.99. The fraction of sp³-hybridized carbons (Fsp3) is 0.400. The predicted molar refractivity (Wildman–Crippen MR) is 121 cm³/mol. The van der Waals surface area contributed by atoms with Gasteiger partial charge in [-0.3, -0.25) is 4.79 Å². The van der Waals surface area contributed by atoms with Crippen LogP contribution in [0.15, 0.2) is 53.1 Å². The molecule has 0 saturated carbocycles. The van der Waals surface area contributed by atoms with Gasteiger partial charge in [-0.2, -0.15) is 4.98 Å². The molecule has 1 aliphatic rings. The van der Waals surface area contributed by atoms with Crippen LogP contribution in [0.4, 0.5) is 0 Å². The lowest BCUT2D eigenvalue weighted by molar-refractivity contribution is -0.131. The molecule has 0 atom stereocenters. The molecule has 32 heavy (non-hydrogen) atoms. The molecule has 1 aromatic heterocycles. The lowest BCUT2D eigenvalue weighted by atomic mass is 9.93. The van der Waals surface area contributed by atoms with E-state index in [1.165, 1.54) is 0 Å². The van der Waals surface area contributed by atoms with Crippen molar-refractivity contribution in [2.75, 3.05) is 26.8 Å². The van der Waals surface area contributed by atoms with Gasteiger partial charge < -0.3 is 18.9 Å². The Morgan fingerprint density at radius 1 is 1.06 bits per heavy atom. The second-order valence-corrected chi connectivity index (χ2v) is 8.02. The number of aromatic nitrogens is 2. The van der Waals surface area contributed by atoms with Crippen molar-refractivity contribution >= 4 is 5.91 Å². The van der Waals surface area contributed by atoms with Crippen molar-refractivity contribution in [3.63, 3.8) is 0 Å². The van der Waals surface area contributed by atoms with Crippen molar-refractivity contribution in [3.05, 3.63) is 60.0 Å². The van der Waals surface area contributed by atoms with E-state index in [1.807, 2.05) is 60.4 Å². The first-order chi connectivity index (χ1) is 15.6. The molecule has 1 fully saturated rings. The molecular formula is C25H29N3O4. The minimum absolute atomic E-state index is 0.173. The first-order valence-electron chi connectivity index (χ1n) is 11.1. The number of likely N-dealkylation sites (tertiary alicyclic amines) is 1. The zero-order chi connectivity index (χ0) is 22.3. The molecule has 1 saturated heterocycles. The average molecular weight is 436 g/mol. The maximum Gasteiger partial charge on any atom is 0.227 e. The van der Waals surface area contributed by atoms with E-state index in [0.29, 0.717) is 30.7 Å². The molecule has 0 spiro atoms. The summed E-state index contributed by atoms with van der Waals surface area (Å²) < 4.78 is 16.1. The largest absolute Gasteiger partial charge is 0.497 e. The van der Waals surface area contributed by atoms with Crippen molar-refractivity contribution in [1.29, 1.82) is 0 Å². The van der Waals surface area contributed by atoms with Gasteiger partial charge in [-0.05, 0) is 67.6 Å². The lowest BCUT2D eigenvalue weighted by Crippen LogP contribution is -2.39. The molecule has 3 aromatic rings. The van der Waals surface area contributed by atoms with Crippen LogP contribution in [0.2, 0.25) is 0 Å². The highest BCUT2D eigenvalue weighted by atomic mass is 16.5. The fourth-order valence-electron chi connectivity index (χ4n) is 3.99. The quantitative estimate of drug-likeness (QED) is 0.529. The number of carbonyl (C=O) groups excluding carboxylic acids is 1. The van der Waals surface area contributed by atoms with Crippen LogP contribution < -0.4 is 9.47 Å². The number of carbonyl (C=O) groups is 1.